The predicted molar refractivity (Wildman–Crippen MR) is 77.9 cm³/mol. The number of fused-ring (bicyclic) bond motifs is 3. The Balaban J connectivity index is 2.09. The molecule has 2 heterocycles. The van der Waals surface area contributed by atoms with Crippen LogP contribution in [0, 0.1) is 0 Å². The maximum Gasteiger partial charge on any atom is 0.250 e. The van der Waals surface area contributed by atoms with Crippen LogP contribution in [0.1, 0.15) is 25.3 Å². The molecule has 0 bridgehead atoms. The summed E-state index contributed by atoms with van der Waals surface area (Å²) in [6.45, 7) is 7.00. The topological polar surface area (TPSA) is 35.6 Å². The van der Waals surface area contributed by atoms with Crippen LogP contribution in [0.2, 0.25) is 0 Å². The van der Waals surface area contributed by atoms with Crippen LogP contribution in [0.25, 0.3) is 0 Å². The molecule has 1 unspecified atom stereocenters. The van der Waals surface area contributed by atoms with Crippen molar-refractivity contribution in [2.45, 2.75) is 25.8 Å². The summed E-state index contributed by atoms with van der Waals surface area (Å²) < 4.78 is 0. The van der Waals surface area contributed by atoms with Gasteiger partial charge in [-0.15, -0.1) is 0 Å². The third-order valence-corrected chi connectivity index (χ3v) is 4.20. The molecule has 1 saturated heterocycles. The SMILES string of the molecule is CC(C)c1ccc2c(c1)N1CCNCC1C(=O)N2C. The summed E-state index contributed by atoms with van der Waals surface area (Å²) >= 11 is 0. The number of piperazine rings is 1. The number of likely N-dealkylation sites (N-methyl/N-ethyl adjacent to an activating group) is 1. The van der Waals surface area contributed by atoms with Crippen molar-refractivity contribution in [1.29, 1.82) is 0 Å². The molecular formula is C15H21N3O. The van der Waals surface area contributed by atoms with Gasteiger partial charge in [0, 0.05) is 26.7 Å². The Morgan fingerprint density at radius 2 is 2.11 bits per heavy atom. The first kappa shape index (κ1) is 12.5. The van der Waals surface area contributed by atoms with Crippen LogP contribution in [-0.2, 0) is 4.79 Å². The second kappa shape index (κ2) is 4.53. The number of carbonyl (C=O) groups is 1. The number of hydrogen-bond donors (Lipinski definition) is 1. The van der Waals surface area contributed by atoms with Gasteiger partial charge in [0.2, 0.25) is 0 Å². The van der Waals surface area contributed by atoms with Crippen LogP contribution >= 0.6 is 0 Å². The van der Waals surface area contributed by atoms with E-state index in [2.05, 4.69) is 42.3 Å². The minimum atomic E-state index is -0.0475. The number of carbonyl (C=O) groups excluding carboxylic acids is 1. The highest BCUT2D eigenvalue weighted by Crippen LogP contribution is 2.37. The number of nitrogens with zero attached hydrogens (tertiary/aromatic N) is 2. The molecule has 0 radical (unpaired) electrons. The van der Waals surface area contributed by atoms with Crippen LogP contribution < -0.4 is 15.1 Å². The Morgan fingerprint density at radius 1 is 1.32 bits per heavy atom. The zero-order chi connectivity index (χ0) is 13.6. The standard InChI is InChI=1S/C15H21N3O/c1-10(2)11-4-5-12-13(8-11)18-7-6-16-9-14(18)15(19)17(12)3/h4-5,8,10,14,16H,6-7,9H2,1-3H3. The van der Waals surface area contributed by atoms with E-state index in [9.17, 15) is 4.79 Å². The largest absolute Gasteiger partial charge is 0.355 e. The van der Waals surface area contributed by atoms with Crippen LogP contribution in [0.3, 0.4) is 0 Å². The number of amides is 1. The summed E-state index contributed by atoms with van der Waals surface area (Å²) in [5.74, 6) is 0.701. The van der Waals surface area contributed by atoms with Crippen molar-refractivity contribution in [3.63, 3.8) is 0 Å². The van der Waals surface area contributed by atoms with Crippen LogP contribution in [0.4, 0.5) is 11.4 Å². The molecule has 19 heavy (non-hydrogen) atoms. The zero-order valence-corrected chi connectivity index (χ0v) is 11.8. The molecule has 0 aliphatic carbocycles. The van der Waals surface area contributed by atoms with E-state index in [1.807, 2.05) is 7.05 Å². The first-order valence-corrected chi connectivity index (χ1v) is 6.98. The van der Waals surface area contributed by atoms with E-state index in [4.69, 9.17) is 0 Å². The number of benzene rings is 1. The molecule has 1 aromatic carbocycles. The molecule has 2 aliphatic heterocycles. The third kappa shape index (κ3) is 1.91. The Labute approximate surface area is 114 Å². The number of nitrogens with one attached hydrogen (secondary N) is 1. The molecule has 1 atom stereocenters. The quantitative estimate of drug-likeness (QED) is 0.831. The van der Waals surface area contributed by atoms with Crippen molar-refractivity contribution in [1.82, 2.24) is 5.32 Å². The highest BCUT2D eigenvalue weighted by atomic mass is 16.2. The van der Waals surface area contributed by atoms with Crippen LogP contribution in [0.5, 0.6) is 0 Å². The molecule has 3 rings (SSSR count). The van der Waals surface area contributed by atoms with Crippen molar-refractivity contribution in [2.75, 3.05) is 36.5 Å². The molecule has 1 amide bonds. The lowest BCUT2D eigenvalue weighted by Crippen LogP contribution is -2.61. The summed E-state index contributed by atoms with van der Waals surface area (Å²) in [6.07, 6.45) is 0. The predicted octanol–water partition coefficient (Wildman–Crippen LogP) is 1.56. The molecule has 1 fully saturated rings. The van der Waals surface area contributed by atoms with E-state index in [-0.39, 0.29) is 11.9 Å². The normalized spacial score (nSPS) is 22.5. The molecule has 102 valence electrons. The van der Waals surface area contributed by atoms with Crippen LogP contribution in [-0.4, -0.2) is 38.6 Å². The van der Waals surface area contributed by atoms with E-state index in [1.165, 1.54) is 11.3 Å². The van der Waals surface area contributed by atoms with Crippen molar-refractivity contribution >= 4 is 17.3 Å². The van der Waals surface area contributed by atoms with Crippen molar-refractivity contribution in [3.05, 3.63) is 23.8 Å². The maximum atomic E-state index is 12.4. The summed E-state index contributed by atoms with van der Waals surface area (Å²) in [4.78, 5) is 16.4. The van der Waals surface area contributed by atoms with Gasteiger partial charge in [-0.2, -0.15) is 0 Å². The lowest BCUT2D eigenvalue weighted by molar-refractivity contribution is -0.120. The van der Waals surface area contributed by atoms with Crippen molar-refractivity contribution < 1.29 is 4.79 Å². The van der Waals surface area contributed by atoms with Gasteiger partial charge in [0.25, 0.3) is 5.91 Å². The van der Waals surface area contributed by atoms with Gasteiger partial charge in [-0.3, -0.25) is 4.79 Å². The van der Waals surface area contributed by atoms with E-state index >= 15 is 0 Å². The van der Waals surface area contributed by atoms with Gasteiger partial charge in [-0.05, 0) is 23.6 Å². The molecule has 1 N–H and O–H groups in total. The summed E-state index contributed by atoms with van der Waals surface area (Å²) in [6, 6.07) is 6.42. The molecule has 0 aromatic heterocycles. The number of rotatable bonds is 1. The minimum Gasteiger partial charge on any atom is -0.355 e. The molecular weight excluding hydrogens is 238 g/mol. The monoisotopic (exact) mass is 259 g/mol. The Kier molecular flexibility index (Phi) is 2.97. The van der Waals surface area contributed by atoms with E-state index in [0.717, 1.165) is 25.3 Å². The molecule has 4 heteroatoms. The summed E-state index contributed by atoms with van der Waals surface area (Å²) in [5, 5.41) is 3.31. The Hall–Kier alpha value is -1.55. The van der Waals surface area contributed by atoms with Gasteiger partial charge in [0.1, 0.15) is 6.04 Å². The van der Waals surface area contributed by atoms with Gasteiger partial charge in [0.15, 0.2) is 0 Å². The lowest BCUT2D eigenvalue weighted by Gasteiger charge is -2.44. The van der Waals surface area contributed by atoms with Crippen molar-refractivity contribution in [3.8, 4) is 0 Å². The fourth-order valence-electron chi connectivity index (χ4n) is 2.97. The fraction of sp³-hybridized carbons (Fsp3) is 0.533. The minimum absolute atomic E-state index is 0.0475. The van der Waals surface area contributed by atoms with E-state index in [0.29, 0.717) is 5.92 Å². The fourth-order valence-corrected chi connectivity index (χ4v) is 2.97. The third-order valence-electron chi connectivity index (χ3n) is 4.20. The maximum absolute atomic E-state index is 12.4. The van der Waals surface area contributed by atoms with Gasteiger partial charge in [-0.1, -0.05) is 19.9 Å². The van der Waals surface area contributed by atoms with E-state index in [1.54, 1.807) is 4.90 Å². The van der Waals surface area contributed by atoms with Gasteiger partial charge >= 0.3 is 0 Å². The van der Waals surface area contributed by atoms with Crippen LogP contribution in [0.15, 0.2) is 18.2 Å². The second-order valence-corrected chi connectivity index (χ2v) is 5.71. The second-order valence-electron chi connectivity index (χ2n) is 5.71. The number of hydrogen-bond acceptors (Lipinski definition) is 3. The van der Waals surface area contributed by atoms with Gasteiger partial charge < -0.3 is 15.1 Å². The Morgan fingerprint density at radius 3 is 2.84 bits per heavy atom. The molecule has 0 spiro atoms. The average molecular weight is 259 g/mol. The van der Waals surface area contributed by atoms with Crippen molar-refractivity contribution in [2.24, 2.45) is 0 Å². The average Bonchev–Trinajstić information content (AvgIpc) is 2.44. The molecule has 0 saturated carbocycles. The first-order chi connectivity index (χ1) is 9.09. The summed E-state index contributed by atoms with van der Waals surface area (Å²) in [7, 11) is 1.88. The summed E-state index contributed by atoms with van der Waals surface area (Å²) in [5.41, 5.74) is 3.58. The molecule has 1 aromatic rings. The highest BCUT2D eigenvalue weighted by molar-refractivity contribution is 6.05. The zero-order valence-electron chi connectivity index (χ0n) is 11.8. The Bertz CT molecular complexity index is 512. The molecule has 4 nitrogen and oxygen atoms in total. The number of anilines is 2. The highest BCUT2D eigenvalue weighted by Gasteiger charge is 2.37. The van der Waals surface area contributed by atoms with Gasteiger partial charge in [0.05, 0.1) is 11.4 Å². The first-order valence-electron chi connectivity index (χ1n) is 6.98. The smallest absolute Gasteiger partial charge is 0.250 e. The van der Waals surface area contributed by atoms with Gasteiger partial charge in [-0.25, -0.2) is 0 Å². The molecule has 2 aliphatic rings. The van der Waals surface area contributed by atoms with E-state index < -0.39 is 0 Å². The lowest BCUT2D eigenvalue weighted by atomic mass is 9.98.